The molecular weight excluding hydrogens is 418 g/mol. The molecule has 5 atom stereocenters. The van der Waals surface area contributed by atoms with Gasteiger partial charge in [-0.15, -0.1) is 0 Å². The zero-order valence-electron chi connectivity index (χ0n) is 20.1. The van der Waals surface area contributed by atoms with E-state index in [4.69, 9.17) is 23.7 Å². The highest BCUT2D eigenvalue weighted by molar-refractivity contribution is 5.72. The van der Waals surface area contributed by atoms with E-state index in [0.717, 1.165) is 6.29 Å². The molecule has 0 unspecified atom stereocenters. The summed E-state index contributed by atoms with van der Waals surface area (Å²) in [5.74, 6) is 0.259. The SMILES string of the molecule is COc1cc([C@H](OC)[C@@H](C)C[C@H](OC)[C@H](OC)[C@@H](C)/C=C(\C)C=O)c(OC)c([N+](=O)[O-])c1. The first-order valence-electron chi connectivity index (χ1n) is 10.3. The lowest BCUT2D eigenvalue weighted by atomic mass is 9.86. The van der Waals surface area contributed by atoms with Crippen molar-refractivity contribution in [1.29, 1.82) is 0 Å². The normalized spacial score (nSPS) is 16.6. The molecule has 1 aromatic carbocycles. The summed E-state index contributed by atoms with van der Waals surface area (Å²) in [5, 5.41) is 11.6. The maximum absolute atomic E-state index is 11.6. The van der Waals surface area contributed by atoms with E-state index in [9.17, 15) is 14.9 Å². The maximum Gasteiger partial charge on any atom is 0.315 e. The highest BCUT2D eigenvalue weighted by Gasteiger charge is 2.34. The lowest BCUT2D eigenvalue weighted by molar-refractivity contribution is -0.385. The summed E-state index contributed by atoms with van der Waals surface area (Å²) in [6.45, 7) is 5.67. The lowest BCUT2D eigenvalue weighted by Gasteiger charge is -2.33. The Hall–Kier alpha value is -2.49. The molecule has 0 heterocycles. The van der Waals surface area contributed by atoms with Crippen LogP contribution >= 0.6 is 0 Å². The van der Waals surface area contributed by atoms with Crippen molar-refractivity contribution in [2.24, 2.45) is 11.8 Å². The predicted molar refractivity (Wildman–Crippen MR) is 120 cm³/mol. The van der Waals surface area contributed by atoms with Crippen molar-refractivity contribution >= 4 is 12.0 Å². The van der Waals surface area contributed by atoms with Crippen molar-refractivity contribution in [1.82, 2.24) is 0 Å². The van der Waals surface area contributed by atoms with E-state index in [-0.39, 0.29) is 35.5 Å². The molecule has 1 aromatic rings. The standard InChI is InChI=1S/C23H35NO8/c1-14(13-25)9-15(2)22(31-7)20(29-5)10-16(3)21(30-6)18-11-17(28-4)12-19(24(26)27)23(18)32-8/h9,11-13,15-16,20-22H,10H2,1-8H3/b14-9+/t15-,16-,20-,21+,22+/m0/s1. The number of rotatable bonds is 14. The summed E-state index contributed by atoms with van der Waals surface area (Å²) < 4.78 is 27.9. The van der Waals surface area contributed by atoms with Crippen LogP contribution in [0.1, 0.15) is 38.9 Å². The molecule has 0 radical (unpaired) electrons. The van der Waals surface area contributed by atoms with Crippen LogP contribution in [0.2, 0.25) is 0 Å². The minimum atomic E-state index is -0.531. The fourth-order valence-electron chi connectivity index (χ4n) is 4.07. The molecule has 0 aliphatic carbocycles. The maximum atomic E-state index is 11.6. The molecule has 0 N–H and O–H groups in total. The number of aldehydes is 1. The number of nitro groups is 1. The van der Waals surface area contributed by atoms with E-state index in [0.29, 0.717) is 23.3 Å². The van der Waals surface area contributed by atoms with E-state index >= 15 is 0 Å². The number of nitro benzene ring substituents is 1. The molecule has 0 aliphatic rings. The van der Waals surface area contributed by atoms with Crippen LogP contribution in [0.15, 0.2) is 23.8 Å². The lowest BCUT2D eigenvalue weighted by Crippen LogP contribution is -2.37. The zero-order chi connectivity index (χ0) is 24.4. The molecule has 180 valence electrons. The first-order valence-corrected chi connectivity index (χ1v) is 10.3. The molecule has 1 rings (SSSR count). The van der Waals surface area contributed by atoms with Crippen molar-refractivity contribution in [3.8, 4) is 11.5 Å². The van der Waals surface area contributed by atoms with E-state index in [1.807, 2.05) is 19.9 Å². The first kappa shape index (κ1) is 27.5. The highest BCUT2D eigenvalue weighted by atomic mass is 16.6. The Kier molecular flexibility index (Phi) is 11.3. The Balaban J connectivity index is 3.31. The van der Waals surface area contributed by atoms with Gasteiger partial charge in [0.2, 0.25) is 5.75 Å². The summed E-state index contributed by atoms with van der Waals surface area (Å²) in [4.78, 5) is 22.1. The van der Waals surface area contributed by atoms with Crippen LogP contribution in [-0.2, 0) is 19.0 Å². The second kappa shape index (κ2) is 13.1. The molecule has 32 heavy (non-hydrogen) atoms. The van der Waals surface area contributed by atoms with E-state index in [1.165, 1.54) is 20.3 Å². The molecule has 9 nitrogen and oxygen atoms in total. The fraction of sp³-hybridized carbons (Fsp3) is 0.609. The van der Waals surface area contributed by atoms with Crippen LogP contribution in [0.3, 0.4) is 0 Å². The number of benzene rings is 1. The van der Waals surface area contributed by atoms with Crippen LogP contribution in [0, 0.1) is 22.0 Å². The predicted octanol–water partition coefficient (Wildman–Crippen LogP) is 4.14. The van der Waals surface area contributed by atoms with E-state index < -0.39 is 11.0 Å². The quantitative estimate of drug-likeness (QED) is 0.179. The van der Waals surface area contributed by atoms with Crippen LogP contribution in [0.25, 0.3) is 0 Å². The Morgan fingerprint density at radius 2 is 1.72 bits per heavy atom. The van der Waals surface area contributed by atoms with Gasteiger partial charge in [-0.25, -0.2) is 0 Å². The van der Waals surface area contributed by atoms with Crippen LogP contribution in [0.5, 0.6) is 11.5 Å². The number of hydrogen-bond acceptors (Lipinski definition) is 8. The third-order valence-electron chi connectivity index (χ3n) is 5.56. The summed E-state index contributed by atoms with van der Waals surface area (Å²) in [5.41, 5.74) is 0.935. The van der Waals surface area contributed by atoms with Crippen molar-refractivity contribution in [3.63, 3.8) is 0 Å². The number of allylic oxidation sites excluding steroid dienone is 1. The monoisotopic (exact) mass is 453 g/mol. The molecule has 9 heteroatoms. The van der Waals surface area contributed by atoms with Crippen molar-refractivity contribution in [3.05, 3.63) is 39.5 Å². The largest absolute Gasteiger partial charge is 0.496 e. The minimum Gasteiger partial charge on any atom is -0.496 e. The zero-order valence-corrected chi connectivity index (χ0v) is 20.1. The summed E-state index contributed by atoms with van der Waals surface area (Å²) in [7, 11) is 7.58. The van der Waals surface area contributed by atoms with Gasteiger partial charge in [-0.3, -0.25) is 14.9 Å². The number of nitrogens with zero attached hydrogens (tertiary/aromatic N) is 1. The average Bonchev–Trinajstić information content (AvgIpc) is 2.78. The Labute approximate surface area is 189 Å². The number of carbonyl (C=O) groups excluding carboxylic acids is 1. The molecule has 0 aliphatic heterocycles. The first-order chi connectivity index (χ1) is 15.2. The van der Waals surface area contributed by atoms with Gasteiger partial charge in [0.25, 0.3) is 0 Å². The molecule has 0 aromatic heterocycles. The molecule has 0 spiro atoms. The van der Waals surface area contributed by atoms with Crippen molar-refractivity contribution < 1.29 is 33.4 Å². The summed E-state index contributed by atoms with van der Waals surface area (Å²) in [6.07, 6.45) is 2.02. The molecular formula is C23H35NO8. The Morgan fingerprint density at radius 3 is 2.16 bits per heavy atom. The summed E-state index contributed by atoms with van der Waals surface area (Å²) >= 11 is 0. The van der Waals surface area contributed by atoms with Gasteiger partial charge >= 0.3 is 5.69 Å². The smallest absolute Gasteiger partial charge is 0.315 e. The number of carbonyl (C=O) groups is 1. The highest BCUT2D eigenvalue weighted by Crippen LogP contribution is 2.43. The van der Waals surface area contributed by atoms with Crippen molar-refractivity contribution in [2.45, 2.75) is 45.5 Å². The minimum absolute atomic E-state index is 0.0733. The number of methoxy groups -OCH3 is 5. The van der Waals surface area contributed by atoms with Crippen molar-refractivity contribution in [2.75, 3.05) is 35.5 Å². The van der Waals surface area contributed by atoms with Gasteiger partial charge in [0.15, 0.2) is 0 Å². The topological polar surface area (TPSA) is 106 Å². The second-order valence-corrected chi connectivity index (χ2v) is 7.76. The Bertz CT molecular complexity index is 794. The van der Waals surface area contributed by atoms with Crippen LogP contribution in [0.4, 0.5) is 5.69 Å². The van der Waals surface area contributed by atoms with Gasteiger partial charge in [0.05, 0.1) is 43.5 Å². The molecule has 0 amide bonds. The fourth-order valence-corrected chi connectivity index (χ4v) is 4.07. The molecule has 0 saturated heterocycles. The third kappa shape index (κ3) is 6.75. The molecule has 0 bridgehead atoms. The van der Waals surface area contributed by atoms with Crippen LogP contribution in [-0.4, -0.2) is 59.0 Å². The Morgan fingerprint density at radius 1 is 1.06 bits per heavy atom. The van der Waals surface area contributed by atoms with E-state index in [2.05, 4.69) is 0 Å². The van der Waals surface area contributed by atoms with Crippen LogP contribution < -0.4 is 9.47 Å². The number of ether oxygens (including phenoxy) is 5. The van der Waals surface area contributed by atoms with E-state index in [1.54, 1.807) is 34.3 Å². The van der Waals surface area contributed by atoms with Gasteiger partial charge in [-0.1, -0.05) is 19.9 Å². The molecule has 0 fully saturated rings. The summed E-state index contributed by atoms with van der Waals surface area (Å²) in [6, 6.07) is 3.01. The van der Waals surface area contributed by atoms with Gasteiger partial charge < -0.3 is 23.7 Å². The van der Waals surface area contributed by atoms with Gasteiger partial charge in [-0.2, -0.15) is 0 Å². The number of hydrogen-bond donors (Lipinski definition) is 0. The second-order valence-electron chi connectivity index (χ2n) is 7.76. The van der Waals surface area contributed by atoms with Gasteiger partial charge in [0.1, 0.15) is 12.0 Å². The molecule has 0 saturated carbocycles. The average molecular weight is 454 g/mol. The van der Waals surface area contributed by atoms with Gasteiger partial charge in [0, 0.05) is 32.8 Å². The van der Waals surface area contributed by atoms with Gasteiger partial charge in [-0.05, 0) is 30.9 Å². The third-order valence-corrected chi connectivity index (χ3v) is 5.56.